The van der Waals surface area contributed by atoms with Crippen LogP contribution >= 0.6 is 23.5 Å². The Morgan fingerprint density at radius 1 is 1.22 bits per heavy atom. The van der Waals surface area contributed by atoms with Crippen molar-refractivity contribution in [2.75, 3.05) is 12.9 Å². The molecule has 1 atom stereocenters. The summed E-state index contributed by atoms with van der Waals surface area (Å²) in [7, 11) is 1.60. The summed E-state index contributed by atoms with van der Waals surface area (Å²) in [5.41, 5.74) is 3.67. The Kier molecular flexibility index (Phi) is 6.91. The molecule has 0 spiro atoms. The van der Waals surface area contributed by atoms with Gasteiger partial charge in [-0.1, -0.05) is 48.5 Å². The van der Waals surface area contributed by atoms with Gasteiger partial charge in [-0.25, -0.2) is 4.98 Å². The smallest absolute Gasteiger partial charge is 0.272 e. The number of nitrogens with one attached hydrogen (secondary N) is 1. The topological polar surface area (TPSA) is 73.2 Å². The highest BCUT2D eigenvalue weighted by Crippen LogP contribution is 2.35. The van der Waals surface area contributed by atoms with Gasteiger partial charge in [-0.05, 0) is 36.8 Å². The standard InChI is InChI=1S/C24H25N3O3S2/c1-15-4-6-17(7-5-15)13-25-21(28)14-31-24-26-20-12-16(2)32-22(20)23(29)27(24)18-8-10-19(30-3)11-9-18/h4-11,16H,12-14H2,1-3H3,(H,25,28). The lowest BCUT2D eigenvalue weighted by atomic mass is 10.1. The summed E-state index contributed by atoms with van der Waals surface area (Å²) in [6.45, 7) is 4.59. The number of thioether (sulfide) groups is 2. The number of benzene rings is 2. The maximum atomic E-state index is 13.3. The van der Waals surface area contributed by atoms with E-state index in [9.17, 15) is 9.59 Å². The third-order valence-corrected chi connectivity index (χ3v) is 7.31. The average molecular weight is 468 g/mol. The second kappa shape index (κ2) is 9.83. The highest BCUT2D eigenvalue weighted by atomic mass is 32.2. The van der Waals surface area contributed by atoms with Crippen molar-refractivity contribution in [3.8, 4) is 11.4 Å². The highest BCUT2D eigenvalue weighted by molar-refractivity contribution is 8.00. The SMILES string of the molecule is COc1ccc(-n2c(SCC(=O)NCc3ccc(C)cc3)nc3c(c2=O)SC(C)C3)cc1. The molecule has 3 aromatic rings. The zero-order valence-corrected chi connectivity index (χ0v) is 19.9. The van der Waals surface area contributed by atoms with Crippen molar-refractivity contribution in [1.82, 2.24) is 14.9 Å². The number of hydrogen-bond acceptors (Lipinski definition) is 6. The number of amides is 1. The van der Waals surface area contributed by atoms with Crippen LogP contribution in [0.2, 0.25) is 0 Å². The van der Waals surface area contributed by atoms with E-state index in [1.807, 2.05) is 55.5 Å². The lowest BCUT2D eigenvalue weighted by molar-refractivity contribution is -0.118. The fourth-order valence-corrected chi connectivity index (χ4v) is 5.40. The van der Waals surface area contributed by atoms with Gasteiger partial charge < -0.3 is 10.1 Å². The molecule has 1 aliphatic rings. The Bertz CT molecular complexity index is 1170. The minimum atomic E-state index is -0.102. The molecule has 166 valence electrons. The molecule has 0 aliphatic carbocycles. The molecule has 0 saturated heterocycles. The van der Waals surface area contributed by atoms with Gasteiger partial charge in [-0.3, -0.25) is 14.2 Å². The van der Waals surface area contributed by atoms with E-state index < -0.39 is 0 Å². The van der Waals surface area contributed by atoms with Crippen LogP contribution in [-0.4, -0.2) is 33.6 Å². The molecule has 1 unspecified atom stereocenters. The van der Waals surface area contributed by atoms with E-state index in [-0.39, 0.29) is 17.2 Å². The molecule has 2 heterocycles. The maximum absolute atomic E-state index is 13.3. The number of methoxy groups -OCH3 is 1. The average Bonchev–Trinajstić information content (AvgIpc) is 3.18. The van der Waals surface area contributed by atoms with Gasteiger partial charge in [0.1, 0.15) is 5.75 Å². The Morgan fingerprint density at radius 2 is 1.94 bits per heavy atom. The number of nitrogens with zero attached hydrogens (tertiary/aromatic N) is 2. The Morgan fingerprint density at radius 3 is 2.62 bits per heavy atom. The van der Waals surface area contributed by atoms with E-state index in [0.29, 0.717) is 33.3 Å². The number of carbonyl (C=O) groups excluding carboxylic acids is 1. The number of carbonyl (C=O) groups is 1. The zero-order chi connectivity index (χ0) is 22.7. The molecule has 1 N–H and O–H groups in total. The molecule has 2 aromatic carbocycles. The van der Waals surface area contributed by atoms with Crippen LogP contribution < -0.4 is 15.6 Å². The van der Waals surface area contributed by atoms with Crippen LogP contribution in [0.1, 0.15) is 23.7 Å². The summed E-state index contributed by atoms with van der Waals surface area (Å²) in [6.07, 6.45) is 0.756. The van der Waals surface area contributed by atoms with Gasteiger partial charge in [0.15, 0.2) is 5.16 Å². The number of aryl methyl sites for hydroxylation is 1. The highest BCUT2D eigenvalue weighted by Gasteiger charge is 2.27. The molecule has 1 aromatic heterocycles. The zero-order valence-electron chi connectivity index (χ0n) is 18.3. The molecule has 0 bridgehead atoms. The van der Waals surface area contributed by atoms with Crippen molar-refractivity contribution in [2.45, 2.75) is 42.1 Å². The first-order valence-corrected chi connectivity index (χ1v) is 12.2. The summed E-state index contributed by atoms with van der Waals surface area (Å²) in [5.74, 6) is 0.786. The Labute approximate surface area is 195 Å². The third kappa shape index (κ3) is 5.02. The van der Waals surface area contributed by atoms with Crippen molar-refractivity contribution in [3.05, 3.63) is 75.7 Å². The second-order valence-corrected chi connectivity index (χ2v) is 10.1. The van der Waals surface area contributed by atoms with E-state index in [4.69, 9.17) is 9.72 Å². The van der Waals surface area contributed by atoms with Gasteiger partial charge in [0.25, 0.3) is 5.56 Å². The van der Waals surface area contributed by atoms with E-state index in [1.165, 1.54) is 17.3 Å². The van der Waals surface area contributed by atoms with Crippen LogP contribution in [0.4, 0.5) is 0 Å². The molecule has 4 rings (SSSR count). The van der Waals surface area contributed by atoms with Crippen molar-refractivity contribution < 1.29 is 9.53 Å². The fourth-order valence-electron chi connectivity index (χ4n) is 3.44. The van der Waals surface area contributed by atoms with Crippen molar-refractivity contribution in [3.63, 3.8) is 0 Å². The van der Waals surface area contributed by atoms with Gasteiger partial charge in [0.05, 0.1) is 29.1 Å². The van der Waals surface area contributed by atoms with E-state index in [0.717, 1.165) is 17.7 Å². The maximum Gasteiger partial charge on any atom is 0.272 e. The summed E-state index contributed by atoms with van der Waals surface area (Å²) >= 11 is 2.84. The molecule has 0 radical (unpaired) electrons. The van der Waals surface area contributed by atoms with Crippen LogP contribution in [0.5, 0.6) is 5.75 Å². The Hall–Kier alpha value is -2.71. The number of ether oxygens (including phenoxy) is 1. The van der Waals surface area contributed by atoms with Crippen molar-refractivity contribution in [2.24, 2.45) is 0 Å². The van der Waals surface area contributed by atoms with Crippen LogP contribution in [0.3, 0.4) is 0 Å². The minimum Gasteiger partial charge on any atom is -0.497 e. The van der Waals surface area contributed by atoms with Gasteiger partial charge >= 0.3 is 0 Å². The first kappa shape index (κ1) is 22.5. The number of rotatable bonds is 7. The molecule has 1 amide bonds. The van der Waals surface area contributed by atoms with Crippen molar-refractivity contribution in [1.29, 1.82) is 0 Å². The van der Waals surface area contributed by atoms with E-state index in [1.54, 1.807) is 23.4 Å². The Balaban J connectivity index is 1.55. The van der Waals surface area contributed by atoms with E-state index in [2.05, 4.69) is 12.2 Å². The van der Waals surface area contributed by atoms with Crippen LogP contribution in [0, 0.1) is 6.92 Å². The molecular formula is C24H25N3O3S2. The van der Waals surface area contributed by atoms with Crippen LogP contribution in [0.15, 0.2) is 63.4 Å². The molecule has 1 aliphatic heterocycles. The predicted molar refractivity (Wildman–Crippen MR) is 129 cm³/mol. The first-order chi connectivity index (χ1) is 15.4. The molecule has 0 saturated carbocycles. The fraction of sp³-hybridized carbons (Fsp3) is 0.292. The summed E-state index contributed by atoms with van der Waals surface area (Å²) in [6, 6.07) is 15.4. The van der Waals surface area contributed by atoms with Gasteiger partial charge in [-0.15, -0.1) is 11.8 Å². The van der Waals surface area contributed by atoms with Crippen molar-refractivity contribution >= 4 is 29.4 Å². The van der Waals surface area contributed by atoms with Gasteiger partial charge in [-0.2, -0.15) is 0 Å². The molecule has 0 fully saturated rings. The van der Waals surface area contributed by atoms with Crippen LogP contribution in [0.25, 0.3) is 5.69 Å². The lowest BCUT2D eigenvalue weighted by Crippen LogP contribution is -2.27. The molecular weight excluding hydrogens is 442 g/mol. The molecule has 6 nitrogen and oxygen atoms in total. The third-order valence-electron chi connectivity index (χ3n) is 5.15. The monoisotopic (exact) mass is 467 g/mol. The minimum absolute atomic E-state index is 0.0860. The summed E-state index contributed by atoms with van der Waals surface area (Å²) < 4.78 is 6.84. The quantitative estimate of drug-likeness (QED) is 0.418. The second-order valence-electron chi connectivity index (χ2n) is 7.69. The number of hydrogen-bond donors (Lipinski definition) is 1. The van der Waals surface area contributed by atoms with E-state index >= 15 is 0 Å². The number of fused-ring (bicyclic) bond motifs is 1. The normalized spacial score (nSPS) is 14.8. The summed E-state index contributed by atoms with van der Waals surface area (Å²) in [4.78, 5) is 31.3. The molecule has 8 heteroatoms. The van der Waals surface area contributed by atoms with Gasteiger partial charge in [0.2, 0.25) is 5.91 Å². The largest absolute Gasteiger partial charge is 0.497 e. The predicted octanol–water partition coefficient (Wildman–Crippen LogP) is 3.99. The summed E-state index contributed by atoms with van der Waals surface area (Å²) in [5, 5.41) is 3.78. The van der Waals surface area contributed by atoms with Crippen LogP contribution in [-0.2, 0) is 17.8 Å². The lowest BCUT2D eigenvalue weighted by Gasteiger charge is -2.14. The molecule has 32 heavy (non-hydrogen) atoms. The number of aromatic nitrogens is 2. The first-order valence-electron chi connectivity index (χ1n) is 10.4. The van der Waals surface area contributed by atoms with Gasteiger partial charge in [0, 0.05) is 18.2 Å².